The number of nitrogens with zero attached hydrogens (tertiary/aromatic N) is 2. The van der Waals surface area contributed by atoms with Crippen LogP contribution in [0.3, 0.4) is 0 Å². The standard InChI is InChI=1S/C14H17F2N3O/c1-10(2)19-8-12(7-17-19)11-3-5-13(6-4-11)18-20-9-14(15)16/h3-8,10,14,18H,9H2,1-2H3. The van der Waals surface area contributed by atoms with E-state index in [4.69, 9.17) is 0 Å². The molecule has 1 heterocycles. The lowest BCUT2D eigenvalue weighted by molar-refractivity contribution is 0.0412. The van der Waals surface area contributed by atoms with Gasteiger partial charge in [0.1, 0.15) is 6.61 Å². The molecule has 0 aliphatic rings. The molecule has 6 heteroatoms. The number of hydrogen-bond donors (Lipinski definition) is 1. The van der Waals surface area contributed by atoms with Crippen LogP contribution in [0.15, 0.2) is 36.7 Å². The van der Waals surface area contributed by atoms with E-state index in [1.54, 1.807) is 18.3 Å². The van der Waals surface area contributed by atoms with Crippen LogP contribution in [0.1, 0.15) is 19.9 Å². The minimum atomic E-state index is -2.48. The minimum absolute atomic E-state index is 0.312. The summed E-state index contributed by atoms with van der Waals surface area (Å²) in [6, 6.07) is 7.62. The van der Waals surface area contributed by atoms with Gasteiger partial charge in [0, 0.05) is 17.8 Å². The maximum Gasteiger partial charge on any atom is 0.264 e. The van der Waals surface area contributed by atoms with Gasteiger partial charge in [-0.15, -0.1) is 0 Å². The third-order valence-electron chi connectivity index (χ3n) is 2.75. The molecule has 108 valence electrons. The third kappa shape index (κ3) is 3.77. The molecule has 0 aliphatic heterocycles. The molecule has 1 aromatic carbocycles. The first-order valence-electron chi connectivity index (χ1n) is 6.37. The Kier molecular flexibility index (Phi) is 4.68. The lowest BCUT2D eigenvalue weighted by Gasteiger charge is -2.07. The molecule has 0 atom stereocenters. The average Bonchev–Trinajstić information content (AvgIpc) is 2.89. The van der Waals surface area contributed by atoms with Crippen LogP contribution in [-0.2, 0) is 4.84 Å². The van der Waals surface area contributed by atoms with Crippen LogP contribution in [0.25, 0.3) is 11.1 Å². The van der Waals surface area contributed by atoms with Gasteiger partial charge in [0.2, 0.25) is 0 Å². The summed E-state index contributed by atoms with van der Waals surface area (Å²) in [5.74, 6) is 0. The Morgan fingerprint density at radius 3 is 2.45 bits per heavy atom. The Morgan fingerprint density at radius 2 is 1.90 bits per heavy atom. The fourth-order valence-corrected chi connectivity index (χ4v) is 1.69. The third-order valence-corrected chi connectivity index (χ3v) is 2.75. The molecule has 0 saturated heterocycles. The van der Waals surface area contributed by atoms with Crippen LogP contribution in [0.4, 0.5) is 14.5 Å². The summed E-state index contributed by atoms with van der Waals surface area (Å²) in [4.78, 5) is 4.65. The summed E-state index contributed by atoms with van der Waals surface area (Å²) < 4.78 is 25.7. The molecular weight excluding hydrogens is 264 g/mol. The van der Waals surface area contributed by atoms with Gasteiger partial charge in [0.25, 0.3) is 6.43 Å². The van der Waals surface area contributed by atoms with E-state index in [0.29, 0.717) is 11.7 Å². The molecule has 0 radical (unpaired) electrons. The van der Waals surface area contributed by atoms with Crippen molar-refractivity contribution < 1.29 is 13.6 Å². The predicted molar refractivity (Wildman–Crippen MR) is 73.6 cm³/mol. The van der Waals surface area contributed by atoms with Gasteiger partial charge in [-0.1, -0.05) is 12.1 Å². The van der Waals surface area contributed by atoms with Crippen molar-refractivity contribution in [1.29, 1.82) is 0 Å². The molecular formula is C14H17F2N3O. The van der Waals surface area contributed by atoms with Crippen molar-refractivity contribution in [2.24, 2.45) is 0 Å². The van der Waals surface area contributed by atoms with Gasteiger partial charge in [-0.2, -0.15) is 5.10 Å². The topological polar surface area (TPSA) is 39.1 Å². The van der Waals surface area contributed by atoms with Crippen LogP contribution in [-0.4, -0.2) is 22.8 Å². The Labute approximate surface area is 116 Å². The lowest BCUT2D eigenvalue weighted by Crippen LogP contribution is -2.09. The highest BCUT2D eigenvalue weighted by Gasteiger charge is 2.05. The summed E-state index contributed by atoms with van der Waals surface area (Å²) in [7, 11) is 0. The van der Waals surface area contributed by atoms with E-state index in [1.807, 2.05) is 23.0 Å². The van der Waals surface area contributed by atoms with Gasteiger partial charge in [0.15, 0.2) is 0 Å². The van der Waals surface area contributed by atoms with Gasteiger partial charge < -0.3 is 0 Å². The highest BCUT2D eigenvalue weighted by molar-refractivity contribution is 5.64. The molecule has 0 bridgehead atoms. The number of hydrogen-bond acceptors (Lipinski definition) is 3. The smallest absolute Gasteiger partial charge is 0.264 e. The first-order chi connectivity index (χ1) is 9.56. The highest BCUT2D eigenvalue weighted by atomic mass is 19.3. The van der Waals surface area contributed by atoms with Crippen LogP contribution >= 0.6 is 0 Å². The van der Waals surface area contributed by atoms with Crippen LogP contribution in [0, 0.1) is 0 Å². The maximum absolute atomic E-state index is 11.9. The number of aromatic nitrogens is 2. The molecule has 4 nitrogen and oxygen atoms in total. The Bertz CT molecular complexity index is 538. The minimum Gasteiger partial charge on any atom is -0.270 e. The van der Waals surface area contributed by atoms with Gasteiger partial charge >= 0.3 is 0 Å². The van der Waals surface area contributed by atoms with Gasteiger partial charge in [-0.3, -0.25) is 15.0 Å². The summed E-state index contributed by atoms with van der Waals surface area (Å²) in [5.41, 5.74) is 5.13. The first kappa shape index (κ1) is 14.5. The molecule has 2 rings (SSSR count). The van der Waals surface area contributed by atoms with E-state index >= 15 is 0 Å². The number of halogens is 2. The molecule has 1 N–H and O–H groups in total. The van der Waals surface area contributed by atoms with Crippen LogP contribution < -0.4 is 5.48 Å². The average molecular weight is 281 g/mol. The van der Waals surface area contributed by atoms with E-state index in [2.05, 4.69) is 29.3 Å². The summed E-state index contributed by atoms with van der Waals surface area (Å²) in [5, 5.41) is 4.28. The van der Waals surface area contributed by atoms with Crippen molar-refractivity contribution in [3.63, 3.8) is 0 Å². The molecule has 0 saturated carbocycles. The highest BCUT2D eigenvalue weighted by Crippen LogP contribution is 2.22. The van der Waals surface area contributed by atoms with E-state index < -0.39 is 13.0 Å². The SMILES string of the molecule is CC(C)n1cc(-c2ccc(NOCC(F)F)cc2)cn1. The van der Waals surface area contributed by atoms with Crippen LogP contribution in [0.5, 0.6) is 0 Å². The van der Waals surface area contributed by atoms with E-state index in [-0.39, 0.29) is 0 Å². The molecule has 0 unspecified atom stereocenters. The molecule has 0 spiro atoms. The van der Waals surface area contributed by atoms with Crippen molar-refractivity contribution >= 4 is 5.69 Å². The van der Waals surface area contributed by atoms with Crippen molar-refractivity contribution in [3.05, 3.63) is 36.7 Å². The lowest BCUT2D eigenvalue weighted by atomic mass is 10.1. The summed E-state index contributed by atoms with van der Waals surface area (Å²) in [6.45, 7) is 3.48. The monoisotopic (exact) mass is 281 g/mol. The number of anilines is 1. The second kappa shape index (κ2) is 6.47. The summed E-state index contributed by atoms with van der Waals surface area (Å²) in [6.07, 6.45) is 1.29. The number of rotatable bonds is 6. The normalized spacial score (nSPS) is 11.3. The van der Waals surface area contributed by atoms with Gasteiger partial charge in [0.05, 0.1) is 11.9 Å². The van der Waals surface area contributed by atoms with Gasteiger partial charge in [-0.25, -0.2) is 8.78 Å². The fourth-order valence-electron chi connectivity index (χ4n) is 1.69. The molecule has 0 aliphatic carbocycles. The molecule has 2 aromatic rings. The fraction of sp³-hybridized carbons (Fsp3) is 0.357. The largest absolute Gasteiger partial charge is 0.270 e. The zero-order valence-corrected chi connectivity index (χ0v) is 11.4. The first-order valence-corrected chi connectivity index (χ1v) is 6.37. The Morgan fingerprint density at radius 1 is 1.20 bits per heavy atom. The van der Waals surface area contributed by atoms with E-state index in [0.717, 1.165) is 11.1 Å². The van der Waals surface area contributed by atoms with Crippen molar-refractivity contribution in [2.75, 3.05) is 12.1 Å². The second-order valence-electron chi connectivity index (χ2n) is 4.68. The zero-order chi connectivity index (χ0) is 14.5. The number of alkyl halides is 2. The van der Waals surface area contributed by atoms with Crippen LogP contribution in [0.2, 0.25) is 0 Å². The molecule has 0 fully saturated rings. The second-order valence-corrected chi connectivity index (χ2v) is 4.68. The molecule has 1 aromatic heterocycles. The molecule has 20 heavy (non-hydrogen) atoms. The maximum atomic E-state index is 11.9. The number of nitrogens with one attached hydrogen (secondary N) is 1. The van der Waals surface area contributed by atoms with Crippen molar-refractivity contribution in [1.82, 2.24) is 9.78 Å². The quantitative estimate of drug-likeness (QED) is 0.820. The number of benzene rings is 1. The van der Waals surface area contributed by atoms with Gasteiger partial charge in [-0.05, 0) is 31.5 Å². The van der Waals surface area contributed by atoms with Crippen molar-refractivity contribution in [3.8, 4) is 11.1 Å². The van der Waals surface area contributed by atoms with E-state index in [9.17, 15) is 8.78 Å². The Hall–Kier alpha value is -1.95. The van der Waals surface area contributed by atoms with Crippen molar-refractivity contribution in [2.45, 2.75) is 26.3 Å². The molecule has 0 amide bonds. The predicted octanol–water partition coefficient (Wildman–Crippen LogP) is 3.74. The summed E-state index contributed by atoms with van der Waals surface area (Å²) >= 11 is 0. The zero-order valence-electron chi connectivity index (χ0n) is 11.4. The Balaban J connectivity index is 2.00. The van der Waals surface area contributed by atoms with E-state index in [1.165, 1.54) is 0 Å².